The molecule has 1 heterocycles. The van der Waals surface area contributed by atoms with E-state index in [1.54, 1.807) is 6.92 Å². The van der Waals surface area contributed by atoms with Gasteiger partial charge in [0, 0.05) is 17.8 Å². The molecule has 0 saturated carbocycles. The first kappa shape index (κ1) is 16.9. The Kier molecular flexibility index (Phi) is 4.41. The highest BCUT2D eigenvalue weighted by molar-refractivity contribution is 6.31. The minimum Gasteiger partial charge on any atom is -0.322 e. The summed E-state index contributed by atoms with van der Waals surface area (Å²) in [6.07, 6.45) is 0. The zero-order valence-electron chi connectivity index (χ0n) is 13.1. The van der Waals surface area contributed by atoms with E-state index < -0.39 is 23.0 Å². The highest BCUT2D eigenvalue weighted by atomic mass is 35.5. The van der Waals surface area contributed by atoms with E-state index in [2.05, 4.69) is 10.3 Å². The smallest absolute Gasteiger partial charge is 0.322 e. The molecule has 0 bridgehead atoms. The van der Waals surface area contributed by atoms with Crippen LogP contribution in [0, 0.1) is 5.82 Å². The summed E-state index contributed by atoms with van der Waals surface area (Å²) in [5.74, 6) is -1.07. The lowest BCUT2D eigenvalue weighted by Crippen LogP contribution is -2.34. The molecule has 1 aromatic heterocycles. The molecule has 6 nitrogen and oxygen atoms in total. The lowest BCUT2D eigenvalue weighted by atomic mass is 10.1. The Bertz CT molecular complexity index is 1100. The maximum absolute atomic E-state index is 13.2. The Morgan fingerprint density at radius 2 is 2.00 bits per heavy atom. The van der Waals surface area contributed by atoms with Gasteiger partial charge in [-0.1, -0.05) is 11.6 Å². The lowest BCUT2D eigenvalue weighted by Gasteiger charge is -2.08. The average Bonchev–Trinajstić information content (AvgIpc) is 2.58. The van der Waals surface area contributed by atoms with Crippen LogP contribution in [0.4, 0.5) is 10.1 Å². The van der Waals surface area contributed by atoms with Crippen LogP contribution in [0.15, 0.2) is 46.0 Å². The molecule has 0 radical (unpaired) electrons. The van der Waals surface area contributed by atoms with Gasteiger partial charge in [0.1, 0.15) is 5.82 Å². The van der Waals surface area contributed by atoms with Gasteiger partial charge in [0.25, 0.3) is 11.5 Å². The normalized spacial score (nSPS) is 10.8. The van der Waals surface area contributed by atoms with Crippen molar-refractivity contribution in [1.29, 1.82) is 0 Å². The van der Waals surface area contributed by atoms with Crippen LogP contribution >= 0.6 is 11.6 Å². The van der Waals surface area contributed by atoms with E-state index in [1.165, 1.54) is 30.3 Å². The minimum atomic E-state index is -0.588. The number of aromatic nitrogens is 2. The molecule has 0 aliphatic rings. The van der Waals surface area contributed by atoms with E-state index in [4.69, 9.17) is 11.6 Å². The summed E-state index contributed by atoms with van der Waals surface area (Å²) in [5, 5.41) is 2.78. The minimum absolute atomic E-state index is 0.110. The Morgan fingerprint density at radius 3 is 2.68 bits per heavy atom. The highest BCUT2D eigenvalue weighted by Crippen LogP contribution is 2.20. The van der Waals surface area contributed by atoms with Crippen molar-refractivity contribution in [2.45, 2.75) is 13.5 Å². The van der Waals surface area contributed by atoms with Gasteiger partial charge in [0.2, 0.25) is 0 Å². The number of benzene rings is 2. The highest BCUT2D eigenvalue weighted by Gasteiger charge is 2.11. The molecule has 0 spiro atoms. The van der Waals surface area contributed by atoms with Gasteiger partial charge in [-0.2, -0.15) is 0 Å². The Balaban J connectivity index is 1.98. The number of rotatable bonds is 3. The van der Waals surface area contributed by atoms with Crippen molar-refractivity contribution in [2.24, 2.45) is 0 Å². The third-order valence-corrected chi connectivity index (χ3v) is 4.03. The van der Waals surface area contributed by atoms with E-state index in [9.17, 15) is 18.8 Å². The molecule has 0 aliphatic carbocycles. The van der Waals surface area contributed by atoms with Gasteiger partial charge in [-0.15, -0.1) is 0 Å². The monoisotopic (exact) mass is 361 g/mol. The summed E-state index contributed by atoms with van der Waals surface area (Å²) in [7, 11) is 0. The molecule has 0 aliphatic heterocycles. The molecule has 3 rings (SSSR count). The first-order valence-electron chi connectivity index (χ1n) is 7.44. The van der Waals surface area contributed by atoms with Crippen molar-refractivity contribution in [3.63, 3.8) is 0 Å². The maximum atomic E-state index is 13.2. The molecule has 0 saturated heterocycles. The summed E-state index contributed by atoms with van der Waals surface area (Å²) >= 11 is 5.68. The van der Waals surface area contributed by atoms with Crippen LogP contribution in [0.3, 0.4) is 0 Å². The van der Waals surface area contributed by atoms with Crippen molar-refractivity contribution in [3.8, 4) is 0 Å². The number of hydrogen-bond donors (Lipinski definition) is 2. The molecule has 1 amide bonds. The standard InChI is InChI=1S/C17H13ClFN3O3/c1-2-22-16(24)11-5-3-9(7-14(11)21-17(22)25)15(23)20-10-4-6-13(19)12(18)8-10/h3-8H,2H2,1H3,(H,20,23)(H,21,25). The third kappa shape index (κ3) is 3.18. The van der Waals surface area contributed by atoms with Crippen molar-refractivity contribution < 1.29 is 9.18 Å². The van der Waals surface area contributed by atoms with E-state index in [-0.39, 0.29) is 22.6 Å². The van der Waals surface area contributed by atoms with Crippen LogP contribution in [0.2, 0.25) is 5.02 Å². The zero-order chi connectivity index (χ0) is 18.1. The molecule has 3 aromatic rings. The fourth-order valence-electron chi connectivity index (χ4n) is 2.46. The summed E-state index contributed by atoms with van der Waals surface area (Å²) < 4.78 is 14.2. The van der Waals surface area contributed by atoms with Crippen LogP contribution in [-0.4, -0.2) is 15.5 Å². The molecule has 2 N–H and O–H groups in total. The van der Waals surface area contributed by atoms with E-state index in [1.807, 2.05) is 0 Å². The second-order valence-corrected chi connectivity index (χ2v) is 5.73. The number of halogens is 2. The largest absolute Gasteiger partial charge is 0.328 e. The second kappa shape index (κ2) is 6.52. The predicted octanol–water partition coefficient (Wildman–Crippen LogP) is 2.75. The number of carbonyl (C=O) groups excluding carboxylic acids is 1. The zero-order valence-corrected chi connectivity index (χ0v) is 13.9. The second-order valence-electron chi connectivity index (χ2n) is 5.32. The fourth-order valence-corrected chi connectivity index (χ4v) is 2.64. The summed E-state index contributed by atoms with van der Waals surface area (Å²) in [6, 6.07) is 8.18. The number of H-pyrrole nitrogens is 1. The summed E-state index contributed by atoms with van der Waals surface area (Å²) in [4.78, 5) is 39.0. The SMILES string of the molecule is CCn1c(=O)[nH]c2cc(C(=O)Nc3ccc(F)c(Cl)c3)ccc2c1=O. The molecular weight excluding hydrogens is 349 g/mol. The van der Waals surface area contributed by atoms with Crippen molar-refractivity contribution in [3.05, 3.63) is 73.6 Å². The number of anilines is 1. The Morgan fingerprint density at radius 1 is 1.24 bits per heavy atom. The van der Waals surface area contributed by atoms with Gasteiger partial charge in [-0.05, 0) is 43.3 Å². The van der Waals surface area contributed by atoms with Crippen LogP contribution in [0.5, 0.6) is 0 Å². The molecule has 0 fully saturated rings. The first-order valence-corrected chi connectivity index (χ1v) is 7.81. The van der Waals surface area contributed by atoms with Gasteiger partial charge >= 0.3 is 5.69 Å². The number of carbonyl (C=O) groups is 1. The average molecular weight is 362 g/mol. The Labute approximate surface area is 145 Å². The van der Waals surface area contributed by atoms with Crippen LogP contribution in [0.1, 0.15) is 17.3 Å². The van der Waals surface area contributed by atoms with Gasteiger partial charge < -0.3 is 10.3 Å². The van der Waals surface area contributed by atoms with Gasteiger partial charge in [0.15, 0.2) is 0 Å². The molecule has 0 unspecified atom stereocenters. The van der Waals surface area contributed by atoms with Crippen LogP contribution in [-0.2, 0) is 6.54 Å². The number of nitrogens with zero attached hydrogens (tertiary/aromatic N) is 1. The quantitative estimate of drug-likeness (QED) is 0.752. The number of amides is 1. The number of fused-ring (bicyclic) bond motifs is 1. The Hall–Kier alpha value is -2.93. The van der Waals surface area contributed by atoms with E-state index in [0.29, 0.717) is 11.1 Å². The third-order valence-electron chi connectivity index (χ3n) is 3.74. The fraction of sp³-hybridized carbons (Fsp3) is 0.118. The topological polar surface area (TPSA) is 84.0 Å². The molecular formula is C17H13ClFN3O3. The number of nitrogens with one attached hydrogen (secondary N) is 2. The predicted molar refractivity (Wildman–Crippen MR) is 93.9 cm³/mol. The number of hydrogen-bond acceptors (Lipinski definition) is 3. The molecule has 25 heavy (non-hydrogen) atoms. The maximum Gasteiger partial charge on any atom is 0.328 e. The van der Waals surface area contributed by atoms with Gasteiger partial charge in [0.05, 0.1) is 15.9 Å². The lowest BCUT2D eigenvalue weighted by molar-refractivity contribution is 0.102. The van der Waals surface area contributed by atoms with Crippen molar-refractivity contribution in [2.75, 3.05) is 5.32 Å². The number of aromatic amines is 1. The molecule has 8 heteroatoms. The summed E-state index contributed by atoms with van der Waals surface area (Å²) in [6.45, 7) is 1.94. The molecule has 0 atom stereocenters. The van der Waals surface area contributed by atoms with Crippen molar-refractivity contribution in [1.82, 2.24) is 9.55 Å². The van der Waals surface area contributed by atoms with Gasteiger partial charge in [-0.3, -0.25) is 14.2 Å². The van der Waals surface area contributed by atoms with Crippen LogP contribution < -0.4 is 16.6 Å². The van der Waals surface area contributed by atoms with Crippen LogP contribution in [0.25, 0.3) is 10.9 Å². The van der Waals surface area contributed by atoms with E-state index in [0.717, 1.165) is 10.6 Å². The molecule has 128 valence electrons. The first-order chi connectivity index (χ1) is 11.9. The van der Waals surface area contributed by atoms with Gasteiger partial charge in [-0.25, -0.2) is 9.18 Å². The van der Waals surface area contributed by atoms with Crippen molar-refractivity contribution >= 4 is 34.1 Å². The van der Waals surface area contributed by atoms with E-state index >= 15 is 0 Å². The molecule has 2 aromatic carbocycles. The summed E-state index contributed by atoms with van der Waals surface area (Å²) in [5.41, 5.74) is -0.130.